The van der Waals surface area contributed by atoms with Crippen LogP contribution in [-0.2, 0) is 10.3 Å². The van der Waals surface area contributed by atoms with Gasteiger partial charge in [0.05, 0.1) is 18.8 Å². The fourth-order valence-corrected chi connectivity index (χ4v) is 4.39. The summed E-state index contributed by atoms with van der Waals surface area (Å²) in [7, 11) is 0. The number of morpholine rings is 1. The number of nitrogens with zero attached hydrogens (tertiary/aromatic N) is 2. The number of nitrogens with one attached hydrogen (secondary N) is 2. The molecule has 11 heteroatoms. The molecule has 0 unspecified atom stereocenters. The van der Waals surface area contributed by atoms with Crippen LogP contribution in [-0.4, -0.2) is 58.5 Å². The summed E-state index contributed by atoms with van der Waals surface area (Å²) in [6.07, 6.45) is -0.993. The summed E-state index contributed by atoms with van der Waals surface area (Å²) >= 11 is 0. The zero-order valence-corrected chi connectivity index (χ0v) is 20.6. The number of hydrogen-bond acceptors (Lipinski definition) is 5. The van der Waals surface area contributed by atoms with E-state index < -0.39 is 29.6 Å². The van der Waals surface area contributed by atoms with Gasteiger partial charge < -0.3 is 24.8 Å². The Labute approximate surface area is 212 Å². The predicted molar refractivity (Wildman–Crippen MR) is 132 cm³/mol. The van der Waals surface area contributed by atoms with Gasteiger partial charge in [-0.1, -0.05) is 45.0 Å². The Morgan fingerprint density at radius 2 is 1.92 bits per heavy atom. The van der Waals surface area contributed by atoms with Gasteiger partial charge >= 0.3 is 12.7 Å². The summed E-state index contributed by atoms with van der Waals surface area (Å²) in [5.41, 5.74) is 1.14. The van der Waals surface area contributed by atoms with Gasteiger partial charge in [-0.05, 0) is 41.3 Å². The molecule has 37 heavy (non-hydrogen) atoms. The number of alkyl halides is 2. The number of aromatic nitrogens is 2. The van der Waals surface area contributed by atoms with Crippen molar-refractivity contribution in [3.63, 3.8) is 0 Å². The summed E-state index contributed by atoms with van der Waals surface area (Å²) in [6.45, 7) is 3.83. The lowest BCUT2D eigenvalue weighted by Gasteiger charge is -2.50. The fraction of sp³-hybridized carbons (Fsp3) is 0.346. The number of ether oxygens (including phenoxy) is 2. The molecule has 9 nitrogen and oxygen atoms in total. The number of hydrogen-bond donors (Lipinski definition) is 3. The van der Waals surface area contributed by atoms with E-state index in [-0.39, 0.29) is 24.6 Å². The van der Waals surface area contributed by atoms with Crippen molar-refractivity contribution in [3.05, 3.63) is 65.9 Å². The first-order chi connectivity index (χ1) is 17.5. The second-order valence-corrected chi connectivity index (χ2v) is 9.73. The van der Waals surface area contributed by atoms with E-state index in [1.54, 1.807) is 24.3 Å². The molecule has 1 atom stereocenters. The first-order valence-electron chi connectivity index (χ1n) is 11.6. The first kappa shape index (κ1) is 26.1. The number of H-pyrrole nitrogens is 1. The zero-order chi connectivity index (χ0) is 26.8. The Morgan fingerprint density at radius 3 is 2.57 bits per heavy atom. The monoisotopic (exact) mass is 514 g/mol. The molecule has 1 saturated heterocycles. The van der Waals surface area contributed by atoms with Crippen LogP contribution < -0.4 is 10.1 Å². The van der Waals surface area contributed by atoms with Crippen LogP contribution in [0.5, 0.6) is 5.75 Å². The molecule has 3 aromatic rings. The maximum atomic E-state index is 12.8. The second-order valence-electron chi connectivity index (χ2n) is 9.73. The second kappa shape index (κ2) is 10.2. The van der Waals surface area contributed by atoms with Crippen molar-refractivity contribution in [1.82, 2.24) is 15.1 Å². The minimum Gasteiger partial charge on any atom is -0.465 e. The van der Waals surface area contributed by atoms with Crippen molar-refractivity contribution in [2.45, 2.75) is 33.0 Å². The summed E-state index contributed by atoms with van der Waals surface area (Å²) in [5, 5.41) is 19.1. The van der Waals surface area contributed by atoms with Gasteiger partial charge in [0.15, 0.2) is 0 Å². The maximum absolute atomic E-state index is 12.8. The number of benzene rings is 2. The van der Waals surface area contributed by atoms with Gasteiger partial charge in [-0.3, -0.25) is 9.89 Å². The van der Waals surface area contributed by atoms with E-state index in [4.69, 9.17) is 4.74 Å². The Morgan fingerprint density at radius 1 is 1.19 bits per heavy atom. The standard InChI is InChI=1S/C26H28F2N4O5/c1-25(2,3)26(15-32(24(34)35)11-12-36-26)17-7-9-18(10-8-17)29-22(33)21-14-20(30-31-21)16-5-4-6-19(13-16)37-23(27)28/h4-10,13-14,23H,11-12,15H2,1-3H3,(H,29,33)(H,30,31)(H,34,35)/t26-/m1/s1. The smallest absolute Gasteiger partial charge is 0.407 e. The minimum atomic E-state index is -2.94. The molecule has 4 rings (SSSR count). The van der Waals surface area contributed by atoms with E-state index in [0.717, 1.165) is 5.56 Å². The van der Waals surface area contributed by atoms with E-state index in [0.29, 0.717) is 23.5 Å². The Hall–Kier alpha value is -3.99. The lowest BCUT2D eigenvalue weighted by Crippen LogP contribution is -2.57. The van der Waals surface area contributed by atoms with E-state index in [1.807, 2.05) is 32.9 Å². The molecular formula is C26H28F2N4O5. The fourth-order valence-electron chi connectivity index (χ4n) is 4.39. The topological polar surface area (TPSA) is 117 Å². The van der Waals surface area contributed by atoms with Crippen LogP contribution in [0.1, 0.15) is 36.8 Å². The van der Waals surface area contributed by atoms with E-state index in [1.165, 1.54) is 23.1 Å². The third-order valence-corrected chi connectivity index (χ3v) is 6.39. The Balaban J connectivity index is 1.50. The van der Waals surface area contributed by atoms with Crippen LogP contribution in [0, 0.1) is 5.41 Å². The molecule has 0 radical (unpaired) electrons. The minimum absolute atomic E-state index is 0.0111. The van der Waals surface area contributed by atoms with Crippen molar-refractivity contribution in [1.29, 1.82) is 0 Å². The molecule has 0 saturated carbocycles. The average Bonchev–Trinajstić information content (AvgIpc) is 3.34. The van der Waals surface area contributed by atoms with Gasteiger partial charge in [-0.25, -0.2) is 4.79 Å². The molecule has 1 fully saturated rings. The number of rotatable bonds is 6. The van der Waals surface area contributed by atoms with Crippen molar-refractivity contribution in [3.8, 4) is 17.0 Å². The molecule has 1 aliphatic rings. The molecule has 196 valence electrons. The van der Waals surface area contributed by atoms with Gasteiger partial charge in [0.1, 0.15) is 17.0 Å². The molecule has 1 aromatic heterocycles. The molecule has 0 bridgehead atoms. The number of halogens is 2. The highest BCUT2D eigenvalue weighted by molar-refractivity contribution is 6.03. The lowest BCUT2D eigenvalue weighted by atomic mass is 9.71. The number of carbonyl (C=O) groups is 2. The number of aromatic amines is 1. The van der Waals surface area contributed by atoms with Gasteiger partial charge in [-0.2, -0.15) is 13.9 Å². The highest BCUT2D eigenvalue weighted by Crippen LogP contribution is 2.45. The van der Waals surface area contributed by atoms with Gasteiger partial charge in [0.2, 0.25) is 0 Å². The Kier molecular flexibility index (Phi) is 7.17. The summed E-state index contributed by atoms with van der Waals surface area (Å²) in [4.78, 5) is 25.8. The quantitative estimate of drug-likeness (QED) is 0.417. The van der Waals surface area contributed by atoms with Crippen molar-refractivity contribution in [2.24, 2.45) is 5.41 Å². The molecule has 2 aromatic carbocycles. The SMILES string of the molecule is CC(C)(C)[C@]1(c2ccc(NC(=O)c3cc(-c4cccc(OC(F)F)c4)n[nH]3)cc2)CN(C(=O)O)CCO1. The molecule has 1 aliphatic heterocycles. The number of anilines is 1. The molecule has 2 heterocycles. The largest absolute Gasteiger partial charge is 0.465 e. The summed E-state index contributed by atoms with van der Waals surface area (Å²) < 4.78 is 35.6. The number of carbonyl (C=O) groups excluding carboxylic acids is 1. The van der Waals surface area contributed by atoms with Crippen LogP contribution in [0.25, 0.3) is 11.3 Å². The van der Waals surface area contributed by atoms with Crippen molar-refractivity contribution < 1.29 is 33.0 Å². The predicted octanol–water partition coefficient (Wildman–Crippen LogP) is 5.18. The van der Waals surface area contributed by atoms with E-state index >= 15 is 0 Å². The lowest BCUT2D eigenvalue weighted by molar-refractivity contribution is -0.166. The average molecular weight is 515 g/mol. The van der Waals surface area contributed by atoms with E-state index in [9.17, 15) is 23.5 Å². The highest BCUT2D eigenvalue weighted by Gasteiger charge is 2.48. The van der Waals surface area contributed by atoms with E-state index in [2.05, 4.69) is 20.3 Å². The Bertz CT molecular complexity index is 1270. The third kappa shape index (κ3) is 5.56. The summed E-state index contributed by atoms with van der Waals surface area (Å²) in [6, 6.07) is 14.6. The van der Waals surface area contributed by atoms with Crippen LogP contribution in [0.3, 0.4) is 0 Å². The molecule has 3 N–H and O–H groups in total. The van der Waals surface area contributed by atoms with Gasteiger partial charge in [0, 0.05) is 17.8 Å². The summed E-state index contributed by atoms with van der Waals surface area (Å²) in [5.74, 6) is -0.453. The van der Waals surface area contributed by atoms with Gasteiger partial charge in [-0.15, -0.1) is 0 Å². The third-order valence-electron chi connectivity index (χ3n) is 6.39. The molecule has 0 aliphatic carbocycles. The van der Waals surface area contributed by atoms with Crippen molar-refractivity contribution >= 4 is 17.7 Å². The normalized spacial score (nSPS) is 18.1. The number of carboxylic acid groups (broad SMARTS) is 1. The van der Waals surface area contributed by atoms with Crippen LogP contribution in [0.2, 0.25) is 0 Å². The molecular weight excluding hydrogens is 486 g/mol. The number of amides is 2. The van der Waals surface area contributed by atoms with Gasteiger partial charge in [0.25, 0.3) is 5.91 Å². The maximum Gasteiger partial charge on any atom is 0.407 e. The molecule has 2 amide bonds. The van der Waals surface area contributed by atoms with Crippen LogP contribution >= 0.6 is 0 Å². The first-order valence-corrected chi connectivity index (χ1v) is 11.6. The molecule has 0 spiro atoms. The highest BCUT2D eigenvalue weighted by atomic mass is 19.3. The van der Waals surface area contributed by atoms with Crippen molar-refractivity contribution in [2.75, 3.05) is 25.0 Å². The van der Waals surface area contributed by atoms with Crippen LogP contribution in [0.4, 0.5) is 19.3 Å². The zero-order valence-electron chi connectivity index (χ0n) is 20.6. The van der Waals surface area contributed by atoms with Crippen LogP contribution in [0.15, 0.2) is 54.6 Å².